The molecule has 0 unspecified atom stereocenters. The average molecular weight is 239 g/mol. The zero-order chi connectivity index (χ0) is 12.4. The Labute approximate surface area is 97.0 Å². The molecule has 2 rings (SSSR count). The topological polar surface area (TPSA) is 37.4 Å². The van der Waals surface area contributed by atoms with Gasteiger partial charge in [-0.2, -0.15) is 0 Å². The molecule has 0 N–H and O–H groups in total. The second-order valence-electron chi connectivity index (χ2n) is 3.96. The summed E-state index contributed by atoms with van der Waals surface area (Å²) in [4.78, 5) is 24.9. The van der Waals surface area contributed by atoms with E-state index in [0.29, 0.717) is 13.1 Å². The fourth-order valence-electron chi connectivity index (χ4n) is 1.82. The molecule has 3 nitrogen and oxygen atoms in total. The maximum atomic E-state index is 12.9. The fourth-order valence-corrected chi connectivity index (χ4v) is 1.82. The SMILES string of the molecule is O=C(C(=O)N1CCCC1)c1ccc(F)c(F)c1. The van der Waals surface area contributed by atoms with Crippen molar-refractivity contribution in [2.24, 2.45) is 0 Å². The summed E-state index contributed by atoms with van der Waals surface area (Å²) in [6.45, 7) is 1.10. The van der Waals surface area contributed by atoms with Crippen molar-refractivity contribution in [2.45, 2.75) is 12.8 Å². The third-order valence-electron chi connectivity index (χ3n) is 2.77. The minimum absolute atomic E-state index is 0.110. The highest BCUT2D eigenvalue weighted by atomic mass is 19.2. The molecule has 5 heteroatoms. The number of amides is 1. The van der Waals surface area contributed by atoms with Gasteiger partial charge >= 0.3 is 0 Å². The minimum atomic E-state index is -1.12. The van der Waals surface area contributed by atoms with Gasteiger partial charge in [0.1, 0.15) is 0 Å². The molecule has 1 heterocycles. The van der Waals surface area contributed by atoms with E-state index in [1.165, 1.54) is 4.90 Å². The Morgan fingerprint density at radius 1 is 1.06 bits per heavy atom. The molecule has 0 aromatic heterocycles. The van der Waals surface area contributed by atoms with Crippen LogP contribution in [0.4, 0.5) is 8.78 Å². The number of ketones is 1. The van der Waals surface area contributed by atoms with Crippen LogP contribution >= 0.6 is 0 Å². The highest BCUT2D eigenvalue weighted by Crippen LogP contribution is 2.13. The van der Waals surface area contributed by atoms with Crippen LogP contribution in [-0.2, 0) is 4.79 Å². The lowest BCUT2D eigenvalue weighted by molar-refractivity contribution is -0.125. The third-order valence-corrected chi connectivity index (χ3v) is 2.77. The first-order valence-corrected chi connectivity index (χ1v) is 5.38. The van der Waals surface area contributed by atoms with Crippen molar-refractivity contribution in [2.75, 3.05) is 13.1 Å². The summed E-state index contributed by atoms with van der Waals surface area (Å²) in [6, 6.07) is 2.72. The van der Waals surface area contributed by atoms with Gasteiger partial charge in [-0.3, -0.25) is 9.59 Å². The van der Waals surface area contributed by atoms with Gasteiger partial charge in [-0.15, -0.1) is 0 Å². The summed E-state index contributed by atoms with van der Waals surface area (Å²) >= 11 is 0. The molecule has 0 spiro atoms. The number of halogens is 2. The summed E-state index contributed by atoms with van der Waals surface area (Å²) < 4.78 is 25.6. The van der Waals surface area contributed by atoms with E-state index in [0.717, 1.165) is 31.0 Å². The molecule has 1 aliphatic rings. The Morgan fingerprint density at radius 2 is 1.71 bits per heavy atom. The van der Waals surface area contributed by atoms with Gasteiger partial charge in [0, 0.05) is 18.7 Å². The molecule has 0 radical (unpaired) electrons. The molecule has 1 fully saturated rings. The van der Waals surface area contributed by atoms with E-state index in [-0.39, 0.29) is 5.56 Å². The van der Waals surface area contributed by atoms with Gasteiger partial charge in [0.2, 0.25) is 5.78 Å². The molecule has 1 saturated heterocycles. The van der Waals surface area contributed by atoms with Crippen LogP contribution in [0.1, 0.15) is 23.2 Å². The monoisotopic (exact) mass is 239 g/mol. The van der Waals surface area contributed by atoms with Crippen LogP contribution in [0.3, 0.4) is 0 Å². The molecule has 0 atom stereocenters. The van der Waals surface area contributed by atoms with Crippen LogP contribution in [0.25, 0.3) is 0 Å². The predicted molar refractivity (Wildman–Crippen MR) is 56.5 cm³/mol. The van der Waals surface area contributed by atoms with Gasteiger partial charge in [-0.25, -0.2) is 8.78 Å². The molecule has 0 bridgehead atoms. The highest BCUT2D eigenvalue weighted by Gasteiger charge is 2.25. The van der Waals surface area contributed by atoms with Crippen molar-refractivity contribution in [3.8, 4) is 0 Å². The first-order valence-electron chi connectivity index (χ1n) is 5.38. The lowest BCUT2D eigenvalue weighted by atomic mass is 10.1. The molecule has 0 saturated carbocycles. The van der Waals surface area contributed by atoms with Crippen molar-refractivity contribution < 1.29 is 18.4 Å². The molecule has 17 heavy (non-hydrogen) atoms. The Kier molecular flexibility index (Phi) is 3.17. The van der Waals surface area contributed by atoms with Crippen LogP contribution < -0.4 is 0 Å². The maximum Gasteiger partial charge on any atom is 0.294 e. The standard InChI is InChI=1S/C12H11F2NO2/c13-9-4-3-8(7-10(9)14)11(16)12(17)15-5-1-2-6-15/h3-4,7H,1-2,5-6H2. The molecule has 1 aromatic rings. The van der Waals surface area contributed by atoms with Crippen LogP contribution in [0.5, 0.6) is 0 Å². The van der Waals surface area contributed by atoms with Crippen LogP contribution in [-0.4, -0.2) is 29.7 Å². The largest absolute Gasteiger partial charge is 0.336 e. The second-order valence-corrected chi connectivity index (χ2v) is 3.96. The predicted octanol–water partition coefficient (Wildman–Crippen LogP) is 1.77. The van der Waals surface area contributed by atoms with Crippen molar-refractivity contribution in [1.82, 2.24) is 4.90 Å². The van der Waals surface area contributed by atoms with Crippen LogP contribution in [0.2, 0.25) is 0 Å². The first kappa shape index (κ1) is 11.7. The van der Waals surface area contributed by atoms with E-state index in [4.69, 9.17) is 0 Å². The zero-order valence-electron chi connectivity index (χ0n) is 9.08. The zero-order valence-corrected chi connectivity index (χ0v) is 9.08. The smallest absolute Gasteiger partial charge is 0.294 e. The molecular weight excluding hydrogens is 228 g/mol. The van der Waals surface area contributed by atoms with Crippen LogP contribution in [0, 0.1) is 11.6 Å². The molecule has 1 aromatic carbocycles. The Balaban J connectivity index is 2.18. The average Bonchev–Trinajstić information content (AvgIpc) is 2.84. The minimum Gasteiger partial charge on any atom is -0.336 e. The number of benzene rings is 1. The Hall–Kier alpha value is -1.78. The fraction of sp³-hybridized carbons (Fsp3) is 0.333. The summed E-state index contributed by atoms with van der Waals surface area (Å²) in [7, 11) is 0. The summed E-state index contributed by atoms with van der Waals surface area (Å²) in [5.74, 6) is -3.58. The van der Waals surface area contributed by atoms with Crippen molar-refractivity contribution in [1.29, 1.82) is 0 Å². The molecular formula is C12H11F2NO2. The van der Waals surface area contributed by atoms with Gasteiger partial charge in [0.05, 0.1) is 0 Å². The first-order chi connectivity index (χ1) is 8.09. The van der Waals surface area contributed by atoms with Gasteiger partial charge in [0.15, 0.2) is 11.6 Å². The summed E-state index contributed by atoms with van der Waals surface area (Å²) in [5.41, 5.74) is -0.110. The molecule has 90 valence electrons. The number of hydrogen-bond acceptors (Lipinski definition) is 2. The lowest BCUT2D eigenvalue weighted by Crippen LogP contribution is -2.34. The number of likely N-dealkylation sites (tertiary alicyclic amines) is 1. The van der Waals surface area contributed by atoms with Crippen molar-refractivity contribution in [3.05, 3.63) is 35.4 Å². The number of carbonyl (C=O) groups excluding carboxylic acids is 2. The second kappa shape index (κ2) is 4.61. The number of nitrogens with zero attached hydrogens (tertiary/aromatic N) is 1. The van der Waals surface area contributed by atoms with Crippen molar-refractivity contribution >= 4 is 11.7 Å². The number of carbonyl (C=O) groups is 2. The Morgan fingerprint density at radius 3 is 2.29 bits per heavy atom. The third kappa shape index (κ3) is 2.33. The van der Waals surface area contributed by atoms with Gasteiger partial charge in [-0.05, 0) is 31.0 Å². The van der Waals surface area contributed by atoms with E-state index in [9.17, 15) is 18.4 Å². The molecule has 0 aliphatic carbocycles. The van der Waals surface area contributed by atoms with Crippen LogP contribution in [0.15, 0.2) is 18.2 Å². The maximum absolute atomic E-state index is 12.9. The van der Waals surface area contributed by atoms with E-state index in [1.807, 2.05) is 0 Å². The summed E-state index contributed by atoms with van der Waals surface area (Å²) in [6.07, 6.45) is 1.74. The number of Topliss-reactive ketones (excluding diaryl/α,β-unsaturated/α-hetero) is 1. The number of hydrogen-bond donors (Lipinski definition) is 0. The molecule has 1 amide bonds. The quantitative estimate of drug-likeness (QED) is 0.582. The van der Waals surface area contributed by atoms with Gasteiger partial charge in [-0.1, -0.05) is 0 Å². The van der Waals surface area contributed by atoms with E-state index in [2.05, 4.69) is 0 Å². The van der Waals surface area contributed by atoms with Gasteiger partial charge in [0.25, 0.3) is 5.91 Å². The normalized spacial score (nSPS) is 15.1. The summed E-state index contributed by atoms with van der Waals surface area (Å²) in [5, 5.41) is 0. The van der Waals surface area contributed by atoms with Crippen molar-refractivity contribution in [3.63, 3.8) is 0 Å². The lowest BCUT2D eigenvalue weighted by Gasteiger charge is -2.13. The Bertz CT molecular complexity index is 468. The van der Waals surface area contributed by atoms with E-state index in [1.54, 1.807) is 0 Å². The number of rotatable bonds is 2. The molecule has 1 aliphatic heterocycles. The van der Waals surface area contributed by atoms with Gasteiger partial charge < -0.3 is 4.90 Å². The highest BCUT2D eigenvalue weighted by molar-refractivity contribution is 6.42. The van der Waals surface area contributed by atoms with E-state index >= 15 is 0 Å². The van der Waals surface area contributed by atoms with E-state index < -0.39 is 23.3 Å².